The van der Waals surface area contributed by atoms with Gasteiger partial charge in [0.25, 0.3) is 0 Å². The van der Waals surface area contributed by atoms with E-state index >= 15 is 0 Å². The van der Waals surface area contributed by atoms with Crippen molar-refractivity contribution in [1.29, 1.82) is 0 Å². The van der Waals surface area contributed by atoms with Gasteiger partial charge in [-0.05, 0) is 0 Å². The molecule has 6 heteroatoms. The normalized spacial score (nSPS) is 11.1. The third-order valence-electron chi connectivity index (χ3n) is 3.53. The summed E-state index contributed by atoms with van der Waals surface area (Å²) in [6.45, 7) is 1.93. The van der Waals surface area contributed by atoms with Gasteiger partial charge < -0.3 is 0 Å². The summed E-state index contributed by atoms with van der Waals surface area (Å²) in [6.07, 6.45) is 0. The van der Waals surface area contributed by atoms with E-state index in [1.54, 1.807) is 30.3 Å². The Balaban J connectivity index is 1.79. The zero-order chi connectivity index (χ0) is 18.7. The van der Waals surface area contributed by atoms with Crippen molar-refractivity contribution in [3.05, 3.63) is 82.9 Å². The molecule has 4 nitrogen and oxygen atoms in total. The molecule has 0 aliphatic rings. The second kappa shape index (κ2) is 7.82. The fraction of sp³-hybridized carbons (Fsp3) is 0.0500. The van der Waals surface area contributed by atoms with Crippen LogP contribution in [-0.2, 0) is 17.5 Å². The second-order valence-electron chi connectivity index (χ2n) is 5.47. The van der Waals surface area contributed by atoms with Crippen molar-refractivity contribution in [3.63, 3.8) is 0 Å². The number of hydrogen-bond donors (Lipinski definition) is 1. The molecule has 0 heterocycles. The predicted molar refractivity (Wildman–Crippen MR) is 95.7 cm³/mol. The van der Waals surface area contributed by atoms with Crippen LogP contribution < -0.4 is 13.7 Å². The van der Waals surface area contributed by atoms with Crippen molar-refractivity contribution in [1.82, 2.24) is 0 Å². The summed E-state index contributed by atoms with van der Waals surface area (Å²) < 4.78 is 19.0. The van der Waals surface area contributed by atoms with Gasteiger partial charge in [-0.3, -0.25) is 0 Å². The fourth-order valence-corrected chi connectivity index (χ4v) is 3.80. The standard InChI is InChI=1S/C14H10ClO2.C6H5O.Co.O/c1-10-6-8-11(9-7-10)14(16)17-13-5-3-2-4-12(13)15;7-6-4-2-1-3-5-6;;/h3-9H,1H3;2-5,7H;;. The van der Waals surface area contributed by atoms with Gasteiger partial charge in [-0.25, -0.2) is 0 Å². The summed E-state index contributed by atoms with van der Waals surface area (Å²) >= 11 is 4.36. The Labute approximate surface area is 160 Å². The molecule has 0 aliphatic carbocycles. The van der Waals surface area contributed by atoms with E-state index < -0.39 is 19.6 Å². The van der Waals surface area contributed by atoms with E-state index in [2.05, 4.69) is 0 Å². The number of hydrogen-bond acceptors (Lipinski definition) is 4. The summed E-state index contributed by atoms with van der Waals surface area (Å²) in [5.74, 6) is -0.204. The van der Waals surface area contributed by atoms with Gasteiger partial charge >= 0.3 is 160 Å². The van der Waals surface area contributed by atoms with E-state index in [0.717, 1.165) is 5.56 Å². The molecule has 0 unspecified atom stereocenters. The van der Waals surface area contributed by atoms with Gasteiger partial charge in [-0.1, -0.05) is 0 Å². The molecular formula is C20H15ClCoO4. The molecule has 135 valence electrons. The molecule has 3 aromatic rings. The van der Waals surface area contributed by atoms with Crippen LogP contribution in [-0.4, -0.2) is 11.1 Å². The van der Waals surface area contributed by atoms with Crippen molar-refractivity contribution in [2.75, 3.05) is 0 Å². The van der Waals surface area contributed by atoms with E-state index in [1.165, 1.54) is 24.3 Å². The van der Waals surface area contributed by atoms with Crippen molar-refractivity contribution in [2.45, 2.75) is 6.92 Å². The van der Waals surface area contributed by atoms with Crippen LogP contribution in [0.25, 0.3) is 0 Å². The molecule has 0 aliphatic heterocycles. The van der Waals surface area contributed by atoms with Crippen LogP contribution in [0.15, 0.2) is 66.7 Å². The van der Waals surface area contributed by atoms with Gasteiger partial charge in [-0.2, -0.15) is 0 Å². The Kier molecular flexibility index (Phi) is 5.51. The number of rotatable bonds is 4. The molecule has 0 saturated heterocycles. The topological polar surface area (TPSA) is 63.6 Å². The van der Waals surface area contributed by atoms with Gasteiger partial charge in [0, 0.05) is 0 Å². The van der Waals surface area contributed by atoms with Crippen LogP contribution in [0.2, 0.25) is 5.02 Å². The molecule has 0 spiro atoms. The van der Waals surface area contributed by atoms with Gasteiger partial charge in [0.05, 0.1) is 0 Å². The molecule has 0 aromatic heterocycles. The van der Waals surface area contributed by atoms with E-state index in [0.29, 0.717) is 14.6 Å². The number of ether oxygens (including phenoxy) is 1. The summed E-state index contributed by atoms with van der Waals surface area (Å²) in [6, 6.07) is 17.8. The van der Waals surface area contributed by atoms with Crippen LogP contribution in [0.3, 0.4) is 0 Å². The number of esters is 1. The van der Waals surface area contributed by atoms with Crippen molar-refractivity contribution < 1.29 is 32.1 Å². The molecule has 0 fully saturated rings. The Morgan fingerprint density at radius 2 is 1.58 bits per heavy atom. The predicted octanol–water partition coefficient (Wildman–Crippen LogP) is 3.49. The van der Waals surface area contributed by atoms with E-state index in [4.69, 9.17) is 16.3 Å². The molecule has 0 saturated carbocycles. The molecule has 3 aromatic carbocycles. The number of aryl methyl sites for hydroxylation is 1. The van der Waals surface area contributed by atoms with Gasteiger partial charge in [-0.15, -0.1) is 0 Å². The zero-order valence-corrected chi connectivity index (χ0v) is 15.5. The third kappa shape index (κ3) is 4.19. The molecule has 26 heavy (non-hydrogen) atoms. The number of phenols is 1. The van der Waals surface area contributed by atoms with Crippen LogP contribution in [0.1, 0.15) is 15.9 Å². The van der Waals surface area contributed by atoms with E-state index in [1.807, 2.05) is 19.1 Å². The summed E-state index contributed by atoms with van der Waals surface area (Å²) in [7, 11) is 0. The quantitative estimate of drug-likeness (QED) is 0.525. The van der Waals surface area contributed by atoms with Crippen LogP contribution in [0.5, 0.6) is 11.5 Å². The molecule has 3 rings (SSSR count). The Bertz CT molecular complexity index is 966. The Morgan fingerprint density at radius 3 is 2.19 bits per heavy atom. The summed E-state index contributed by atoms with van der Waals surface area (Å²) in [5, 5.41) is 9.52. The maximum absolute atomic E-state index is 12.6. The Morgan fingerprint density at radius 1 is 0.962 bits per heavy atom. The summed E-state index contributed by atoms with van der Waals surface area (Å²) in [5.41, 5.74) is 1.47. The summed E-state index contributed by atoms with van der Waals surface area (Å²) in [4.78, 5) is 12.2. The third-order valence-corrected chi connectivity index (χ3v) is 5.59. The van der Waals surface area contributed by atoms with Crippen molar-refractivity contribution in [2.24, 2.45) is 0 Å². The minimum absolute atomic E-state index is 0.105. The first-order valence-corrected chi connectivity index (χ1v) is 9.47. The molecule has 0 radical (unpaired) electrons. The molecule has 0 amide bonds. The Hall–Kier alpha value is -2.47. The van der Waals surface area contributed by atoms with Crippen LogP contribution >= 0.6 is 11.6 Å². The average molecular weight is 414 g/mol. The average Bonchev–Trinajstić information content (AvgIpc) is 2.64. The maximum atomic E-state index is 12.6. The van der Waals surface area contributed by atoms with Gasteiger partial charge in [0.15, 0.2) is 0 Å². The van der Waals surface area contributed by atoms with E-state index in [9.17, 15) is 13.8 Å². The number of phenolic OH excluding ortho intramolecular Hbond substituents is 1. The number of carbonyl (C=O) groups is 1. The number of benzene rings is 3. The van der Waals surface area contributed by atoms with Crippen LogP contribution in [0.4, 0.5) is 0 Å². The molecule has 1 N–H and O–H groups in total. The fourth-order valence-electron chi connectivity index (χ4n) is 2.14. The van der Waals surface area contributed by atoms with Crippen molar-refractivity contribution in [3.8, 4) is 11.5 Å². The van der Waals surface area contributed by atoms with Gasteiger partial charge in [0.2, 0.25) is 0 Å². The molecule has 0 bridgehead atoms. The SMILES string of the molecule is Cc1ccc(C(=O)Oc2cc[c]([Co](=[O])[c]3ccc(O)cc3)cc2Cl)cc1. The minimum atomic E-state index is -1.84. The molecular weight excluding hydrogens is 399 g/mol. The monoisotopic (exact) mass is 413 g/mol. The first kappa shape index (κ1) is 18.3. The number of aromatic hydroxyl groups is 1. The van der Waals surface area contributed by atoms with E-state index in [-0.39, 0.29) is 16.5 Å². The van der Waals surface area contributed by atoms with Crippen LogP contribution in [0, 0.1) is 6.92 Å². The van der Waals surface area contributed by atoms with Crippen molar-refractivity contribution >= 4 is 26.6 Å². The first-order chi connectivity index (χ1) is 12.4. The molecule has 0 atom stereocenters. The number of carbonyl (C=O) groups excluding carboxylic acids is 1. The zero-order valence-electron chi connectivity index (χ0n) is 13.7. The number of halogens is 1. The van der Waals surface area contributed by atoms with Gasteiger partial charge in [0.1, 0.15) is 0 Å². The second-order valence-corrected chi connectivity index (χ2v) is 7.77. The first-order valence-electron chi connectivity index (χ1n) is 7.63.